The van der Waals surface area contributed by atoms with Gasteiger partial charge in [0.05, 0.1) is 18.1 Å². The lowest BCUT2D eigenvalue weighted by Crippen LogP contribution is -2.34. The first-order valence-corrected chi connectivity index (χ1v) is 5.83. The Balaban J connectivity index is 0.00000361. The van der Waals surface area contributed by atoms with Crippen LogP contribution in [0.4, 0.5) is 5.69 Å². The van der Waals surface area contributed by atoms with E-state index in [2.05, 4.69) is 10.6 Å². The molecule has 1 amide bonds. The number of amides is 1. The SMILES string of the molecule is COCCNCC(=O)NCc1ccccc1[N+](=O)[O-].Cl. The van der Waals surface area contributed by atoms with Gasteiger partial charge in [0.1, 0.15) is 0 Å². The van der Waals surface area contributed by atoms with Crippen LogP contribution in [-0.4, -0.2) is 37.6 Å². The molecule has 0 spiro atoms. The van der Waals surface area contributed by atoms with E-state index in [1.807, 2.05) is 0 Å². The van der Waals surface area contributed by atoms with Gasteiger partial charge in [-0.3, -0.25) is 14.9 Å². The van der Waals surface area contributed by atoms with Gasteiger partial charge in [-0.25, -0.2) is 0 Å². The first kappa shape index (κ1) is 18.3. The van der Waals surface area contributed by atoms with E-state index in [1.165, 1.54) is 6.07 Å². The molecule has 20 heavy (non-hydrogen) atoms. The number of carbonyl (C=O) groups excluding carboxylic acids is 1. The Kier molecular flexibility index (Phi) is 9.27. The van der Waals surface area contributed by atoms with Gasteiger partial charge in [-0.1, -0.05) is 18.2 Å². The number of para-hydroxylation sites is 1. The molecule has 112 valence electrons. The highest BCUT2D eigenvalue weighted by atomic mass is 35.5. The maximum atomic E-state index is 11.5. The van der Waals surface area contributed by atoms with Gasteiger partial charge in [0.2, 0.25) is 5.91 Å². The molecule has 1 aromatic carbocycles. The van der Waals surface area contributed by atoms with Crippen LogP contribution in [0.3, 0.4) is 0 Å². The monoisotopic (exact) mass is 303 g/mol. The van der Waals surface area contributed by atoms with Crippen molar-refractivity contribution in [2.45, 2.75) is 6.54 Å². The minimum atomic E-state index is -0.460. The predicted octanol–water partition coefficient (Wildman–Crippen LogP) is 0.869. The fourth-order valence-corrected chi connectivity index (χ4v) is 1.47. The third-order valence-electron chi connectivity index (χ3n) is 2.43. The number of nitrogens with one attached hydrogen (secondary N) is 2. The van der Waals surface area contributed by atoms with Gasteiger partial charge in [-0.2, -0.15) is 0 Å². The van der Waals surface area contributed by atoms with Crippen LogP contribution in [0.1, 0.15) is 5.56 Å². The number of benzene rings is 1. The van der Waals surface area contributed by atoms with Crippen molar-refractivity contribution in [3.63, 3.8) is 0 Å². The summed E-state index contributed by atoms with van der Waals surface area (Å²) in [5, 5.41) is 16.3. The zero-order chi connectivity index (χ0) is 14.1. The van der Waals surface area contributed by atoms with E-state index in [9.17, 15) is 14.9 Å². The van der Waals surface area contributed by atoms with Crippen LogP contribution in [0.5, 0.6) is 0 Å². The fraction of sp³-hybridized carbons (Fsp3) is 0.417. The van der Waals surface area contributed by atoms with E-state index >= 15 is 0 Å². The lowest BCUT2D eigenvalue weighted by Gasteiger charge is -2.07. The van der Waals surface area contributed by atoms with Gasteiger partial charge < -0.3 is 15.4 Å². The van der Waals surface area contributed by atoms with E-state index in [1.54, 1.807) is 25.3 Å². The molecule has 2 N–H and O–H groups in total. The first-order valence-electron chi connectivity index (χ1n) is 5.83. The number of rotatable bonds is 8. The normalized spacial score (nSPS) is 9.65. The summed E-state index contributed by atoms with van der Waals surface area (Å²) in [6.07, 6.45) is 0. The molecule has 1 rings (SSSR count). The molecule has 0 unspecified atom stereocenters. The molecular formula is C12H18ClN3O4. The summed E-state index contributed by atoms with van der Waals surface area (Å²) in [6.45, 7) is 1.40. The van der Waals surface area contributed by atoms with Gasteiger partial charge in [-0.15, -0.1) is 12.4 Å². The van der Waals surface area contributed by atoms with E-state index in [-0.39, 0.29) is 37.1 Å². The Labute approximate surface area is 123 Å². The van der Waals surface area contributed by atoms with Crippen LogP contribution in [0.25, 0.3) is 0 Å². The maximum absolute atomic E-state index is 11.5. The van der Waals surface area contributed by atoms with Crippen LogP contribution in [-0.2, 0) is 16.1 Å². The van der Waals surface area contributed by atoms with Crippen LogP contribution >= 0.6 is 12.4 Å². The average molecular weight is 304 g/mol. The van der Waals surface area contributed by atoms with Crippen LogP contribution in [0.15, 0.2) is 24.3 Å². The number of halogens is 1. The molecule has 0 aliphatic rings. The Bertz CT molecular complexity index is 442. The molecule has 0 aromatic heterocycles. The summed E-state index contributed by atoms with van der Waals surface area (Å²) in [5.41, 5.74) is 0.493. The number of methoxy groups -OCH3 is 1. The number of nitro benzene ring substituents is 1. The molecule has 0 aliphatic carbocycles. The molecule has 0 fully saturated rings. The summed E-state index contributed by atoms with van der Waals surface area (Å²) < 4.78 is 4.83. The lowest BCUT2D eigenvalue weighted by atomic mass is 10.2. The Morgan fingerprint density at radius 2 is 2.10 bits per heavy atom. The van der Waals surface area contributed by atoms with Crippen LogP contribution in [0, 0.1) is 10.1 Å². The van der Waals surface area contributed by atoms with E-state index < -0.39 is 4.92 Å². The van der Waals surface area contributed by atoms with Crippen molar-refractivity contribution >= 4 is 24.0 Å². The van der Waals surface area contributed by atoms with E-state index in [0.717, 1.165) is 0 Å². The van der Waals surface area contributed by atoms with Crippen molar-refractivity contribution in [2.24, 2.45) is 0 Å². The largest absolute Gasteiger partial charge is 0.383 e. The zero-order valence-electron chi connectivity index (χ0n) is 11.1. The number of nitro groups is 1. The zero-order valence-corrected chi connectivity index (χ0v) is 11.9. The van der Waals surface area contributed by atoms with Gasteiger partial charge >= 0.3 is 0 Å². The number of hydrogen-bond acceptors (Lipinski definition) is 5. The molecule has 0 bridgehead atoms. The molecular weight excluding hydrogens is 286 g/mol. The van der Waals surface area contributed by atoms with Crippen molar-refractivity contribution in [1.82, 2.24) is 10.6 Å². The Hall–Kier alpha value is -1.70. The van der Waals surface area contributed by atoms with Gasteiger partial charge in [-0.05, 0) is 0 Å². The smallest absolute Gasteiger partial charge is 0.274 e. The van der Waals surface area contributed by atoms with Gasteiger partial charge in [0.25, 0.3) is 5.69 Å². The molecule has 0 saturated heterocycles. The van der Waals surface area contributed by atoms with Crippen molar-refractivity contribution in [3.05, 3.63) is 39.9 Å². The predicted molar refractivity (Wildman–Crippen MR) is 76.9 cm³/mol. The topological polar surface area (TPSA) is 93.5 Å². The third kappa shape index (κ3) is 6.46. The Morgan fingerprint density at radius 1 is 1.40 bits per heavy atom. The standard InChI is InChI=1S/C12H17N3O4.ClH/c1-19-7-6-13-9-12(16)14-8-10-4-2-3-5-11(10)15(17)18;/h2-5,13H,6-9H2,1H3,(H,14,16);1H. The Morgan fingerprint density at radius 3 is 2.75 bits per heavy atom. The quantitative estimate of drug-likeness (QED) is 0.422. The van der Waals surface area contributed by atoms with E-state index in [0.29, 0.717) is 18.7 Å². The highest BCUT2D eigenvalue weighted by molar-refractivity contribution is 5.85. The maximum Gasteiger partial charge on any atom is 0.274 e. The van der Waals surface area contributed by atoms with Crippen LogP contribution in [0.2, 0.25) is 0 Å². The second kappa shape index (κ2) is 10.1. The molecule has 0 aliphatic heterocycles. The summed E-state index contributed by atoms with van der Waals surface area (Å²) in [5.74, 6) is -0.214. The molecule has 0 radical (unpaired) electrons. The second-order valence-electron chi connectivity index (χ2n) is 3.83. The minimum absolute atomic E-state index is 0. The van der Waals surface area contributed by atoms with Crippen molar-refractivity contribution in [1.29, 1.82) is 0 Å². The number of carbonyl (C=O) groups is 1. The third-order valence-corrected chi connectivity index (χ3v) is 2.43. The van der Waals surface area contributed by atoms with Crippen molar-refractivity contribution in [3.8, 4) is 0 Å². The van der Waals surface area contributed by atoms with Crippen LogP contribution < -0.4 is 10.6 Å². The highest BCUT2D eigenvalue weighted by Gasteiger charge is 2.12. The van der Waals surface area contributed by atoms with Crippen molar-refractivity contribution in [2.75, 3.05) is 26.8 Å². The minimum Gasteiger partial charge on any atom is -0.383 e. The molecule has 7 nitrogen and oxygen atoms in total. The number of nitrogens with zero attached hydrogens (tertiary/aromatic N) is 1. The summed E-state index contributed by atoms with van der Waals surface area (Å²) in [6, 6.07) is 6.33. The molecule has 0 saturated carbocycles. The molecule has 0 atom stereocenters. The van der Waals surface area contributed by atoms with Crippen molar-refractivity contribution < 1.29 is 14.5 Å². The summed E-state index contributed by atoms with van der Waals surface area (Å²) in [4.78, 5) is 21.8. The lowest BCUT2D eigenvalue weighted by molar-refractivity contribution is -0.385. The molecule has 1 aromatic rings. The van der Waals surface area contributed by atoms with E-state index in [4.69, 9.17) is 4.74 Å². The summed E-state index contributed by atoms with van der Waals surface area (Å²) in [7, 11) is 1.58. The van der Waals surface area contributed by atoms with Gasteiger partial charge in [0.15, 0.2) is 0 Å². The average Bonchev–Trinajstić information content (AvgIpc) is 2.41. The highest BCUT2D eigenvalue weighted by Crippen LogP contribution is 2.16. The number of hydrogen-bond donors (Lipinski definition) is 2. The summed E-state index contributed by atoms with van der Waals surface area (Å²) >= 11 is 0. The first-order chi connectivity index (χ1) is 9.15. The van der Waals surface area contributed by atoms with Gasteiger partial charge in [0, 0.05) is 31.8 Å². The number of ether oxygens (including phenoxy) is 1. The molecule has 0 heterocycles. The second-order valence-corrected chi connectivity index (χ2v) is 3.83. The fourth-order valence-electron chi connectivity index (χ4n) is 1.47. The molecule has 8 heteroatoms.